The summed E-state index contributed by atoms with van der Waals surface area (Å²) >= 11 is 6.77. The van der Waals surface area contributed by atoms with Gasteiger partial charge in [0.25, 0.3) is 5.91 Å². The molecule has 0 N–H and O–H groups in total. The summed E-state index contributed by atoms with van der Waals surface area (Å²) in [6.07, 6.45) is 1.73. The number of hydrogen-bond donors (Lipinski definition) is 0. The minimum absolute atomic E-state index is 0.0346. The number of rotatable bonds is 3. The van der Waals surface area contributed by atoms with Gasteiger partial charge in [-0.25, -0.2) is 0 Å². The minimum atomic E-state index is -0.0346. The van der Waals surface area contributed by atoms with Crippen LogP contribution < -0.4 is 0 Å². The second-order valence-corrected chi connectivity index (χ2v) is 5.97. The van der Waals surface area contributed by atoms with Gasteiger partial charge >= 0.3 is 0 Å². The van der Waals surface area contributed by atoms with Crippen LogP contribution in [0.15, 0.2) is 51.5 Å². The van der Waals surface area contributed by atoms with Crippen molar-refractivity contribution < 1.29 is 4.79 Å². The molecular formula is C14H12Br2N2O. The maximum atomic E-state index is 12.3. The number of halogens is 2. The largest absolute Gasteiger partial charge is 0.336 e. The first-order valence-electron chi connectivity index (χ1n) is 5.68. The quantitative estimate of drug-likeness (QED) is 0.805. The first kappa shape index (κ1) is 14.2. The molecule has 0 radical (unpaired) electrons. The summed E-state index contributed by atoms with van der Waals surface area (Å²) in [7, 11) is 1.77. The topological polar surface area (TPSA) is 33.2 Å². The van der Waals surface area contributed by atoms with Gasteiger partial charge in [0.05, 0.1) is 12.2 Å². The third-order valence-electron chi connectivity index (χ3n) is 2.58. The lowest BCUT2D eigenvalue weighted by atomic mass is 10.2. The third kappa shape index (κ3) is 3.88. The Hall–Kier alpha value is -1.20. The van der Waals surface area contributed by atoms with E-state index in [9.17, 15) is 4.79 Å². The van der Waals surface area contributed by atoms with E-state index in [2.05, 4.69) is 36.8 Å². The Labute approximate surface area is 128 Å². The molecule has 1 aromatic heterocycles. The first-order valence-corrected chi connectivity index (χ1v) is 7.26. The number of nitrogens with zero attached hydrogens (tertiary/aromatic N) is 2. The van der Waals surface area contributed by atoms with Crippen molar-refractivity contribution in [2.24, 2.45) is 0 Å². The fraction of sp³-hybridized carbons (Fsp3) is 0.143. The van der Waals surface area contributed by atoms with Crippen molar-refractivity contribution in [1.29, 1.82) is 0 Å². The lowest BCUT2D eigenvalue weighted by Crippen LogP contribution is -2.26. The smallest absolute Gasteiger partial charge is 0.254 e. The molecule has 2 aromatic rings. The van der Waals surface area contributed by atoms with Gasteiger partial charge in [0.15, 0.2) is 0 Å². The molecule has 1 amide bonds. The molecule has 0 spiro atoms. The fourth-order valence-electron chi connectivity index (χ4n) is 1.70. The highest BCUT2D eigenvalue weighted by atomic mass is 79.9. The summed E-state index contributed by atoms with van der Waals surface area (Å²) in [5.74, 6) is -0.0346. The van der Waals surface area contributed by atoms with Gasteiger partial charge in [-0.2, -0.15) is 0 Å². The lowest BCUT2D eigenvalue weighted by Gasteiger charge is -2.17. The Bertz CT molecular complexity index is 567. The van der Waals surface area contributed by atoms with Gasteiger partial charge in [0.1, 0.15) is 0 Å². The zero-order valence-corrected chi connectivity index (χ0v) is 13.5. The second-order valence-electron chi connectivity index (χ2n) is 4.14. The number of pyridine rings is 1. The molecule has 0 aliphatic carbocycles. The molecule has 3 nitrogen and oxygen atoms in total. The van der Waals surface area contributed by atoms with Crippen LogP contribution in [-0.4, -0.2) is 22.8 Å². The fourth-order valence-corrected chi connectivity index (χ4v) is 3.00. The SMILES string of the molecule is CN(Cc1ccccn1)C(=O)c1cc(Br)cc(Br)c1. The van der Waals surface area contributed by atoms with E-state index in [0.29, 0.717) is 12.1 Å². The molecular weight excluding hydrogens is 372 g/mol. The van der Waals surface area contributed by atoms with Gasteiger partial charge in [-0.05, 0) is 30.3 Å². The number of hydrogen-bond acceptors (Lipinski definition) is 2. The van der Waals surface area contributed by atoms with E-state index in [1.165, 1.54) is 0 Å². The van der Waals surface area contributed by atoms with Gasteiger partial charge < -0.3 is 4.90 Å². The summed E-state index contributed by atoms with van der Waals surface area (Å²) in [4.78, 5) is 18.2. The monoisotopic (exact) mass is 382 g/mol. The molecule has 0 unspecified atom stereocenters. The van der Waals surface area contributed by atoms with Crippen molar-refractivity contribution in [3.05, 3.63) is 62.8 Å². The van der Waals surface area contributed by atoms with E-state index in [0.717, 1.165) is 14.6 Å². The summed E-state index contributed by atoms with van der Waals surface area (Å²) in [6, 6.07) is 11.2. The predicted molar refractivity (Wildman–Crippen MR) is 81.9 cm³/mol. The minimum Gasteiger partial charge on any atom is -0.336 e. The van der Waals surface area contributed by atoms with Crippen molar-refractivity contribution in [2.45, 2.75) is 6.54 Å². The van der Waals surface area contributed by atoms with E-state index in [4.69, 9.17) is 0 Å². The van der Waals surface area contributed by atoms with Crippen molar-refractivity contribution >= 4 is 37.8 Å². The second kappa shape index (κ2) is 6.30. The van der Waals surface area contributed by atoms with Crippen molar-refractivity contribution in [2.75, 3.05) is 7.05 Å². The Morgan fingerprint density at radius 2 is 1.89 bits per heavy atom. The number of benzene rings is 1. The average Bonchev–Trinajstić information content (AvgIpc) is 2.37. The first-order chi connectivity index (χ1) is 9.06. The lowest BCUT2D eigenvalue weighted by molar-refractivity contribution is 0.0783. The van der Waals surface area contributed by atoms with Gasteiger partial charge in [0, 0.05) is 27.8 Å². The van der Waals surface area contributed by atoms with E-state index >= 15 is 0 Å². The highest BCUT2D eigenvalue weighted by molar-refractivity contribution is 9.11. The normalized spacial score (nSPS) is 10.3. The summed E-state index contributed by atoms with van der Waals surface area (Å²) in [5.41, 5.74) is 1.51. The summed E-state index contributed by atoms with van der Waals surface area (Å²) in [6.45, 7) is 0.490. The maximum Gasteiger partial charge on any atom is 0.254 e. The van der Waals surface area contributed by atoms with Crippen LogP contribution in [0, 0.1) is 0 Å². The maximum absolute atomic E-state index is 12.3. The summed E-state index contributed by atoms with van der Waals surface area (Å²) < 4.78 is 1.74. The molecule has 0 aliphatic rings. The number of carbonyl (C=O) groups is 1. The Kier molecular flexibility index (Phi) is 4.71. The molecule has 98 valence electrons. The van der Waals surface area contributed by atoms with Crippen molar-refractivity contribution in [1.82, 2.24) is 9.88 Å². The Morgan fingerprint density at radius 1 is 1.21 bits per heavy atom. The van der Waals surface area contributed by atoms with E-state index < -0.39 is 0 Å². The molecule has 0 fully saturated rings. The molecule has 0 bridgehead atoms. The molecule has 0 saturated heterocycles. The molecule has 0 aliphatic heterocycles. The van der Waals surface area contributed by atoms with Crippen LogP contribution in [0.1, 0.15) is 16.1 Å². The Morgan fingerprint density at radius 3 is 2.47 bits per heavy atom. The molecule has 5 heteroatoms. The van der Waals surface area contributed by atoms with Gasteiger partial charge in [0.2, 0.25) is 0 Å². The van der Waals surface area contributed by atoms with Gasteiger partial charge in [-0.3, -0.25) is 9.78 Å². The molecule has 0 saturated carbocycles. The standard InChI is InChI=1S/C14H12Br2N2O/c1-18(9-13-4-2-3-5-17-13)14(19)10-6-11(15)8-12(16)7-10/h2-8H,9H2,1H3. The van der Waals surface area contributed by atoms with Crippen LogP contribution in [0.5, 0.6) is 0 Å². The van der Waals surface area contributed by atoms with Crippen LogP contribution in [0.25, 0.3) is 0 Å². The highest BCUT2D eigenvalue weighted by Gasteiger charge is 2.13. The predicted octanol–water partition coefficient (Wildman–Crippen LogP) is 3.88. The third-order valence-corrected chi connectivity index (χ3v) is 3.50. The molecule has 2 rings (SSSR count). The van der Waals surface area contributed by atoms with E-state index in [1.807, 2.05) is 36.4 Å². The van der Waals surface area contributed by atoms with E-state index in [1.54, 1.807) is 18.1 Å². The van der Waals surface area contributed by atoms with Crippen molar-refractivity contribution in [3.8, 4) is 0 Å². The Balaban J connectivity index is 2.15. The number of amides is 1. The molecule has 0 atom stereocenters. The van der Waals surface area contributed by atoms with Crippen molar-refractivity contribution in [3.63, 3.8) is 0 Å². The van der Waals surface area contributed by atoms with Gasteiger partial charge in [-0.15, -0.1) is 0 Å². The van der Waals surface area contributed by atoms with Crippen LogP contribution in [-0.2, 0) is 6.54 Å². The summed E-state index contributed by atoms with van der Waals surface area (Å²) in [5, 5.41) is 0. The average molecular weight is 384 g/mol. The van der Waals surface area contributed by atoms with Crippen LogP contribution in [0.4, 0.5) is 0 Å². The zero-order valence-electron chi connectivity index (χ0n) is 10.3. The molecule has 19 heavy (non-hydrogen) atoms. The zero-order chi connectivity index (χ0) is 13.8. The molecule has 1 heterocycles. The van der Waals surface area contributed by atoms with Gasteiger partial charge in [-0.1, -0.05) is 37.9 Å². The number of aromatic nitrogens is 1. The molecule has 1 aromatic carbocycles. The van der Waals surface area contributed by atoms with Crippen LogP contribution in [0.2, 0.25) is 0 Å². The van der Waals surface area contributed by atoms with Crippen LogP contribution in [0.3, 0.4) is 0 Å². The number of carbonyl (C=O) groups excluding carboxylic acids is 1. The highest BCUT2D eigenvalue weighted by Crippen LogP contribution is 2.21. The van der Waals surface area contributed by atoms with Crippen LogP contribution >= 0.6 is 31.9 Å². The van der Waals surface area contributed by atoms with E-state index in [-0.39, 0.29) is 5.91 Å².